The van der Waals surface area contributed by atoms with Crippen LogP contribution in [0, 0.1) is 11.7 Å². The number of rotatable bonds is 4. The number of carbonyl (C=O) groups is 1. The van der Waals surface area contributed by atoms with Crippen molar-refractivity contribution in [2.45, 2.75) is 31.6 Å². The molecule has 1 aromatic carbocycles. The van der Waals surface area contributed by atoms with E-state index in [0.717, 1.165) is 19.0 Å². The van der Waals surface area contributed by atoms with Crippen LogP contribution in [0.5, 0.6) is 0 Å². The number of likely N-dealkylation sites (N-methyl/N-ethyl adjacent to an activating group) is 2. The van der Waals surface area contributed by atoms with Crippen LogP contribution in [0.1, 0.15) is 24.0 Å². The lowest BCUT2D eigenvalue weighted by Crippen LogP contribution is -2.39. The van der Waals surface area contributed by atoms with Crippen molar-refractivity contribution in [2.24, 2.45) is 5.92 Å². The summed E-state index contributed by atoms with van der Waals surface area (Å²) < 4.78 is 52.4. The summed E-state index contributed by atoms with van der Waals surface area (Å²) >= 11 is 0. The van der Waals surface area contributed by atoms with Crippen LogP contribution >= 0.6 is 0 Å². The molecule has 0 unspecified atom stereocenters. The molecule has 26 heavy (non-hydrogen) atoms. The molecule has 1 fully saturated rings. The monoisotopic (exact) mass is 375 g/mol. The summed E-state index contributed by atoms with van der Waals surface area (Å²) in [6.07, 6.45) is -3.22. The van der Waals surface area contributed by atoms with Gasteiger partial charge in [-0.15, -0.1) is 0 Å². The number of nitrogens with one attached hydrogen (secondary N) is 1. The summed E-state index contributed by atoms with van der Waals surface area (Å²) in [6.45, 7) is 1.16. The number of hydrogen-bond donors (Lipinski definition) is 1. The third-order valence-corrected chi connectivity index (χ3v) is 4.84. The second-order valence-corrected chi connectivity index (χ2v) is 7.11. The Morgan fingerprint density at radius 2 is 1.96 bits per heavy atom. The third kappa shape index (κ3) is 5.17. The molecule has 0 saturated carbocycles. The van der Waals surface area contributed by atoms with Crippen molar-refractivity contribution in [1.82, 2.24) is 15.1 Å². The maximum absolute atomic E-state index is 14.0. The smallest absolute Gasteiger partial charge is 0.352 e. The van der Waals surface area contributed by atoms with Crippen molar-refractivity contribution >= 4 is 5.91 Å². The van der Waals surface area contributed by atoms with Crippen LogP contribution in [-0.4, -0.2) is 56.0 Å². The van der Waals surface area contributed by atoms with Crippen LogP contribution in [0.3, 0.4) is 0 Å². The Labute approximate surface area is 151 Å². The van der Waals surface area contributed by atoms with E-state index in [4.69, 9.17) is 0 Å². The van der Waals surface area contributed by atoms with Crippen molar-refractivity contribution < 1.29 is 22.4 Å². The first-order chi connectivity index (χ1) is 12.1. The predicted molar refractivity (Wildman–Crippen MR) is 90.9 cm³/mol. The maximum Gasteiger partial charge on any atom is 0.419 e. The molecule has 1 saturated heterocycles. The van der Waals surface area contributed by atoms with E-state index in [1.165, 1.54) is 6.07 Å². The number of halogens is 4. The summed E-state index contributed by atoms with van der Waals surface area (Å²) in [7, 11) is 5.93. The van der Waals surface area contributed by atoms with Crippen LogP contribution in [0.15, 0.2) is 18.2 Å². The molecule has 2 atom stereocenters. The SMILES string of the molecule is CN1C[C@H](C(=O)NCc2cccc(C(F)(F)F)c2F)CC[C@H](N(C)C)C1. The number of alkyl halides is 3. The van der Waals surface area contributed by atoms with Crippen LogP contribution in [0.25, 0.3) is 0 Å². The van der Waals surface area contributed by atoms with Crippen LogP contribution in [0.4, 0.5) is 17.6 Å². The molecule has 0 aromatic heterocycles. The number of amides is 1. The van der Waals surface area contributed by atoms with E-state index in [2.05, 4.69) is 15.1 Å². The number of hydrogen-bond acceptors (Lipinski definition) is 3. The Hall–Kier alpha value is -1.67. The van der Waals surface area contributed by atoms with Gasteiger partial charge in [-0.1, -0.05) is 12.1 Å². The average molecular weight is 375 g/mol. The van der Waals surface area contributed by atoms with Crippen molar-refractivity contribution in [3.8, 4) is 0 Å². The zero-order valence-electron chi connectivity index (χ0n) is 15.2. The number of likely N-dealkylation sites (tertiary alicyclic amines) is 1. The molecule has 4 nitrogen and oxygen atoms in total. The van der Waals surface area contributed by atoms with Gasteiger partial charge in [-0.25, -0.2) is 4.39 Å². The van der Waals surface area contributed by atoms with Gasteiger partial charge in [0.05, 0.1) is 11.5 Å². The van der Waals surface area contributed by atoms with E-state index in [1.807, 2.05) is 21.1 Å². The summed E-state index contributed by atoms with van der Waals surface area (Å²) in [6, 6.07) is 3.45. The minimum Gasteiger partial charge on any atom is -0.352 e. The van der Waals surface area contributed by atoms with Gasteiger partial charge in [0.1, 0.15) is 5.82 Å². The van der Waals surface area contributed by atoms with E-state index < -0.39 is 17.6 Å². The molecule has 146 valence electrons. The first-order valence-corrected chi connectivity index (χ1v) is 8.57. The van der Waals surface area contributed by atoms with Gasteiger partial charge < -0.3 is 15.1 Å². The summed E-state index contributed by atoms with van der Waals surface area (Å²) in [5, 5.41) is 2.59. The van der Waals surface area contributed by atoms with Gasteiger partial charge in [-0.2, -0.15) is 13.2 Å². The first kappa shape index (κ1) is 20.6. The lowest BCUT2D eigenvalue weighted by molar-refractivity contribution is -0.140. The van der Waals surface area contributed by atoms with E-state index in [0.29, 0.717) is 25.1 Å². The van der Waals surface area contributed by atoms with Gasteiger partial charge in [0, 0.05) is 31.2 Å². The number of nitrogens with zero attached hydrogens (tertiary/aromatic N) is 2. The Kier molecular flexibility index (Phi) is 6.63. The zero-order chi connectivity index (χ0) is 19.5. The average Bonchev–Trinajstić information content (AvgIpc) is 2.74. The molecule has 1 aromatic rings. The van der Waals surface area contributed by atoms with Crippen molar-refractivity contribution in [1.29, 1.82) is 0 Å². The van der Waals surface area contributed by atoms with Crippen LogP contribution < -0.4 is 5.32 Å². The molecule has 1 N–H and O–H groups in total. The second kappa shape index (κ2) is 8.35. The summed E-state index contributed by atoms with van der Waals surface area (Å²) in [5.74, 6) is -1.85. The fourth-order valence-corrected chi connectivity index (χ4v) is 3.28. The molecule has 2 rings (SSSR count). The molecular formula is C18H25F4N3O. The fraction of sp³-hybridized carbons (Fsp3) is 0.611. The van der Waals surface area contributed by atoms with Gasteiger partial charge in [-0.3, -0.25) is 4.79 Å². The van der Waals surface area contributed by atoms with E-state index in [9.17, 15) is 22.4 Å². The van der Waals surface area contributed by atoms with Crippen molar-refractivity contribution in [3.05, 3.63) is 35.1 Å². The van der Waals surface area contributed by atoms with Crippen molar-refractivity contribution in [2.75, 3.05) is 34.2 Å². The molecule has 0 radical (unpaired) electrons. The Morgan fingerprint density at radius 3 is 2.58 bits per heavy atom. The summed E-state index contributed by atoms with van der Waals surface area (Å²) in [4.78, 5) is 16.6. The largest absolute Gasteiger partial charge is 0.419 e. The molecular weight excluding hydrogens is 350 g/mol. The fourth-order valence-electron chi connectivity index (χ4n) is 3.28. The molecule has 1 aliphatic rings. The Bertz CT molecular complexity index is 633. The normalized spacial score (nSPS) is 22.3. The molecule has 0 aliphatic carbocycles. The third-order valence-electron chi connectivity index (χ3n) is 4.84. The van der Waals surface area contributed by atoms with Gasteiger partial charge in [-0.05, 0) is 40.1 Å². The Balaban J connectivity index is 2.01. The van der Waals surface area contributed by atoms with Gasteiger partial charge in [0.15, 0.2) is 0 Å². The molecule has 0 spiro atoms. The highest BCUT2D eigenvalue weighted by molar-refractivity contribution is 5.78. The highest BCUT2D eigenvalue weighted by Crippen LogP contribution is 2.32. The minimum absolute atomic E-state index is 0.165. The lowest BCUT2D eigenvalue weighted by Gasteiger charge is -2.25. The van der Waals surface area contributed by atoms with E-state index >= 15 is 0 Å². The van der Waals surface area contributed by atoms with E-state index in [1.54, 1.807) is 0 Å². The molecule has 8 heteroatoms. The summed E-state index contributed by atoms with van der Waals surface area (Å²) in [5.41, 5.74) is -1.48. The molecule has 1 amide bonds. The molecule has 1 heterocycles. The van der Waals surface area contributed by atoms with Crippen LogP contribution in [-0.2, 0) is 17.5 Å². The first-order valence-electron chi connectivity index (χ1n) is 8.57. The number of benzene rings is 1. The van der Waals surface area contributed by atoms with Crippen molar-refractivity contribution in [3.63, 3.8) is 0 Å². The zero-order valence-corrected chi connectivity index (χ0v) is 15.2. The molecule has 0 bridgehead atoms. The van der Waals surface area contributed by atoms with Gasteiger partial charge >= 0.3 is 6.18 Å². The van der Waals surface area contributed by atoms with Crippen LogP contribution in [0.2, 0.25) is 0 Å². The minimum atomic E-state index is -4.75. The topological polar surface area (TPSA) is 35.6 Å². The highest BCUT2D eigenvalue weighted by atomic mass is 19.4. The van der Waals surface area contributed by atoms with E-state index in [-0.39, 0.29) is 23.9 Å². The standard InChI is InChI=1S/C18H25F4N3O/c1-24(2)14-8-7-13(10-25(3)11-14)17(26)23-9-12-5-4-6-15(16(12)19)18(20,21)22/h4-6,13-14H,7-11H2,1-3H3,(H,23,26)/t13-,14+/m1/s1. The predicted octanol–water partition coefficient (Wildman–Crippen LogP) is 2.73. The Morgan fingerprint density at radius 1 is 1.27 bits per heavy atom. The maximum atomic E-state index is 14.0. The quantitative estimate of drug-likeness (QED) is 0.822. The lowest BCUT2D eigenvalue weighted by atomic mass is 10.0. The second-order valence-electron chi connectivity index (χ2n) is 7.11. The highest BCUT2D eigenvalue weighted by Gasteiger charge is 2.35. The molecule has 1 aliphatic heterocycles. The van der Waals surface area contributed by atoms with Gasteiger partial charge in [0.25, 0.3) is 0 Å². The van der Waals surface area contributed by atoms with Gasteiger partial charge in [0.2, 0.25) is 5.91 Å². The number of carbonyl (C=O) groups excluding carboxylic acids is 1.